The number of H-pyrrole nitrogens is 1. The molecule has 0 spiro atoms. The Bertz CT molecular complexity index is 307. The van der Waals surface area contributed by atoms with Crippen LogP contribution in [0.15, 0.2) is 6.20 Å². The van der Waals surface area contributed by atoms with Gasteiger partial charge in [0.05, 0.1) is 12.8 Å². The lowest BCUT2D eigenvalue weighted by Gasteiger charge is -2.01. The number of aromatic amines is 1. The van der Waals surface area contributed by atoms with Gasteiger partial charge < -0.3 is 4.74 Å². The summed E-state index contributed by atoms with van der Waals surface area (Å²) in [6, 6.07) is 0. The third-order valence-corrected chi connectivity index (χ3v) is 2.32. The van der Waals surface area contributed by atoms with Crippen LogP contribution in [0, 0.1) is 6.92 Å². The zero-order valence-electron chi connectivity index (χ0n) is 9.38. The second-order valence-corrected chi connectivity index (χ2v) is 3.53. The smallest absolute Gasteiger partial charge is 0.305 e. The summed E-state index contributed by atoms with van der Waals surface area (Å²) in [5.41, 5.74) is 2.35. The van der Waals surface area contributed by atoms with Gasteiger partial charge in [0, 0.05) is 12.1 Å². The number of carbonyl (C=O) groups is 1. The average Bonchev–Trinajstić information content (AvgIpc) is 2.60. The molecule has 1 aromatic rings. The van der Waals surface area contributed by atoms with Gasteiger partial charge in [0.15, 0.2) is 0 Å². The number of aryl methyl sites for hydroxylation is 2. The average molecular weight is 210 g/mol. The summed E-state index contributed by atoms with van der Waals surface area (Å²) >= 11 is 0. The van der Waals surface area contributed by atoms with Crippen molar-refractivity contribution >= 4 is 5.97 Å². The van der Waals surface area contributed by atoms with Crippen molar-refractivity contribution in [3.8, 4) is 0 Å². The molecule has 15 heavy (non-hydrogen) atoms. The zero-order chi connectivity index (χ0) is 11.1. The van der Waals surface area contributed by atoms with E-state index < -0.39 is 0 Å². The molecule has 0 aliphatic rings. The summed E-state index contributed by atoms with van der Waals surface area (Å²) in [5.74, 6) is -0.0959. The Hall–Kier alpha value is -1.32. The van der Waals surface area contributed by atoms with Gasteiger partial charge in [-0.2, -0.15) is 5.10 Å². The van der Waals surface area contributed by atoms with Crippen molar-refractivity contribution in [2.24, 2.45) is 0 Å². The van der Waals surface area contributed by atoms with E-state index in [1.807, 2.05) is 20.0 Å². The number of hydrogen-bond donors (Lipinski definition) is 1. The van der Waals surface area contributed by atoms with Crippen LogP contribution in [0.2, 0.25) is 0 Å². The molecule has 0 saturated heterocycles. The highest BCUT2D eigenvalue weighted by atomic mass is 16.5. The number of esters is 1. The predicted molar refractivity (Wildman–Crippen MR) is 57.5 cm³/mol. The van der Waals surface area contributed by atoms with E-state index in [1.54, 1.807) is 0 Å². The van der Waals surface area contributed by atoms with Gasteiger partial charge in [-0.05, 0) is 38.7 Å². The number of rotatable bonds is 6. The molecule has 84 valence electrons. The van der Waals surface area contributed by atoms with Gasteiger partial charge in [-0.25, -0.2) is 0 Å². The topological polar surface area (TPSA) is 55.0 Å². The number of nitrogens with zero attached hydrogens (tertiary/aromatic N) is 1. The van der Waals surface area contributed by atoms with Crippen molar-refractivity contribution in [2.45, 2.75) is 39.5 Å². The van der Waals surface area contributed by atoms with Gasteiger partial charge in [-0.1, -0.05) is 0 Å². The van der Waals surface area contributed by atoms with Crippen molar-refractivity contribution in [3.63, 3.8) is 0 Å². The van der Waals surface area contributed by atoms with Crippen LogP contribution >= 0.6 is 0 Å². The van der Waals surface area contributed by atoms with Crippen LogP contribution in [-0.4, -0.2) is 22.8 Å². The van der Waals surface area contributed by atoms with E-state index in [2.05, 4.69) is 10.2 Å². The standard InChI is InChI=1S/C11H18N2O2/c1-3-15-11(14)7-5-4-6-10-8-12-13-9(10)2/h8H,3-7H2,1-2H3,(H,12,13). The van der Waals surface area contributed by atoms with Gasteiger partial charge >= 0.3 is 5.97 Å². The number of hydrogen-bond acceptors (Lipinski definition) is 3. The number of ether oxygens (including phenoxy) is 1. The highest BCUT2D eigenvalue weighted by Crippen LogP contribution is 2.08. The number of nitrogens with one attached hydrogen (secondary N) is 1. The largest absolute Gasteiger partial charge is 0.466 e. The molecule has 0 atom stereocenters. The summed E-state index contributed by atoms with van der Waals surface area (Å²) in [6.07, 6.45) is 5.22. The lowest BCUT2D eigenvalue weighted by Crippen LogP contribution is -2.03. The van der Waals surface area contributed by atoms with Crippen molar-refractivity contribution in [2.75, 3.05) is 6.61 Å². The molecule has 1 N–H and O–H groups in total. The summed E-state index contributed by atoms with van der Waals surface area (Å²) in [7, 11) is 0. The van der Waals surface area contributed by atoms with Crippen LogP contribution in [-0.2, 0) is 16.0 Å². The Labute approximate surface area is 90.0 Å². The molecule has 0 amide bonds. The third kappa shape index (κ3) is 4.14. The Balaban J connectivity index is 2.12. The van der Waals surface area contributed by atoms with E-state index >= 15 is 0 Å². The summed E-state index contributed by atoms with van der Waals surface area (Å²) in [4.78, 5) is 11.0. The minimum absolute atomic E-state index is 0.0959. The van der Waals surface area contributed by atoms with Crippen molar-refractivity contribution < 1.29 is 9.53 Å². The molecule has 0 unspecified atom stereocenters. The first-order valence-electron chi connectivity index (χ1n) is 5.38. The second kappa shape index (κ2) is 6.22. The molecule has 0 aliphatic carbocycles. The van der Waals surface area contributed by atoms with E-state index in [-0.39, 0.29) is 5.97 Å². The lowest BCUT2D eigenvalue weighted by molar-refractivity contribution is -0.143. The minimum Gasteiger partial charge on any atom is -0.466 e. The van der Waals surface area contributed by atoms with Crippen LogP contribution in [0.5, 0.6) is 0 Å². The fourth-order valence-electron chi connectivity index (χ4n) is 1.45. The van der Waals surface area contributed by atoms with E-state index in [0.717, 1.165) is 25.0 Å². The molecule has 0 saturated carbocycles. The van der Waals surface area contributed by atoms with E-state index in [1.165, 1.54) is 5.56 Å². The fourth-order valence-corrected chi connectivity index (χ4v) is 1.45. The molecule has 0 fully saturated rings. The molecule has 0 radical (unpaired) electrons. The quantitative estimate of drug-likeness (QED) is 0.577. The molecule has 1 aromatic heterocycles. The van der Waals surface area contributed by atoms with Crippen molar-refractivity contribution in [1.82, 2.24) is 10.2 Å². The summed E-state index contributed by atoms with van der Waals surface area (Å²) in [5, 5.41) is 6.85. The van der Waals surface area contributed by atoms with Crippen LogP contribution in [0.1, 0.15) is 37.4 Å². The second-order valence-electron chi connectivity index (χ2n) is 3.53. The zero-order valence-corrected chi connectivity index (χ0v) is 9.38. The first kappa shape index (κ1) is 11.8. The van der Waals surface area contributed by atoms with Gasteiger partial charge in [-0.15, -0.1) is 0 Å². The maximum absolute atomic E-state index is 11.0. The monoisotopic (exact) mass is 210 g/mol. The van der Waals surface area contributed by atoms with Crippen LogP contribution in [0.3, 0.4) is 0 Å². The normalized spacial score (nSPS) is 10.3. The van der Waals surface area contributed by atoms with Gasteiger partial charge in [0.25, 0.3) is 0 Å². The first-order valence-corrected chi connectivity index (χ1v) is 5.38. The van der Waals surface area contributed by atoms with Gasteiger partial charge in [-0.3, -0.25) is 9.89 Å². The van der Waals surface area contributed by atoms with Crippen molar-refractivity contribution in [1.29, 1.82) is 0 Å². The first-order chi connectivity index (χ1) is 7.24. The van der Waals surface area contributed by atoms with E-state index in [4.69, 9.17) is 4.74 Å². The summed E-state index contributed by atoms with van der Waals surface area (Å²) in [6.45, 7) is 4.31. The fraction of sp³-hybridized carbons (Fsp3) is 0.636. The van der Waals surface area contributed by atoms with E-state index in [0.29, 0.717) is 13.0 Å². The Kier molecular flexibility index (Phi) is 4.87. The van der Waals surface area contributed by atoms with Crippen LogP contribution in [0.4, 0.5) is 0 Å². The lowest BCUT2D eigenvalue weighted by atomic mass is 10.1. The molecule has 4 nitrogen and oxygen atoms in total. The Morgan fingerprint density at radius 3 is 2.93 bits per heavy atom. The Morgan fingerprint density at radius 2 is 2.33 bits per heavy atom. The molecule has 0 bridgehead atoms. The molecular formula is C11H18N2O2. The molecule has 0 aliphatic heterocycles. The number of aromatic nitrogens is 2. The maximum atomic E-state index is 11.0. The number of unbranched alkanes of at least 4 members (excludes halogenated alkanes) is 1. The van der Waals surface area contributed by atoms with Gasteiger partial charge in [0.1, 0.15) is 0 Å². The van der Waals surface area contributed by atoms with Crippen LogP contribution in [0.25, 0.3) is 0 Å². The predicted octanol–water partition coefficient (Wildman–Crippen LogP) is 1.99. The van der Waals surface area contributed by atoms with Crippen molar-refractivity contribution in [3.05, 3.63) is 17.5 Å². The highest BCUT2D eigenvalue weighted by molar-refractivity contribution is 5.69. The van der Waals surface area contributed by atoms with E-state index in [9.17, 15) is 4.79 Å². The maximum Gasteiger partial charge on any atom is 0.305 e. The molecule has 4 heteroatoms. The molecule has 0 aromatic carbocycles. The third-order valence-electron chi connectivity index (χ3n) is 2.32. The number of carbonyl (C=O) groups excluding carboxylic acids is 1. The molecule has 1 heterocycles. The highest BCUT2D eigenvalue weighted by Gasteiger charge is 2.03. The minimum atomic E-state index is -0.0959. The molecular weight excluding hydrogens is 192 g/mol. The Morgan fingerprint density at radius 1 is 1.53 bits per heavy atom. The SMILES string of the molecule is CCOC(=O)CCCCc1cn[nH]c1C. The van der Waals surface area contributed by atoms with Gasteiger partial charge in [0.2, 0.25) is 0 Å². The van der Waals surface area contributed by atoms with Crippen LogP contribution < -0.4 is 0 Å². The molecule has 1 rings (SSSR count). The summed E-state index contributed by atoms with van der Waals surface area (Å²) < 4.78 is 4.85.